The lowest BCUT2D eigenvalue weighted by Gasteiger charge is -2.34. The lowest BCUT2D eigenvalue weighted by molar-refractivity contribution is 0.216. The van der Waals surface area contributed by atoms with Crippen molar-refractivity contribution >= 4 is 37.6 Å². The number of hydrogen-bond donors (Lipinski definition) is 0. The molecule has 1 unspecified atom stereocenters. The van der Waals surface area contributed by atoms with Crippen LogP contribution in [-0.4, -0.2) is 30.8 Å². The summed E-state index contributed by atoms with van der Waals surface area (Å²) in [5.41, 5.74) is -0.173. The lowest BCUT2D eigenvalue weighted by Crippen LogP contribution is -2.43. The molecule has 0 aromatic carbocycles. The fourth-order valence-electron chi connectivity index (χ4n) is 1.49. The average Bonchev–Trinajstić information content (AvgIpc) is 2.28. The van der Waals surface area contributed by atoms with Crippen LogP contribution in [0.2, 0.25) is 5.15 Å². The summed E-state index contributed by atoms with van der Waals surface area (Å²) in [6.45, 7) is 7.84. The van der Waals surface area contributed by atoms with Crippen molar-refractivity contribution in [3.8, 4) is 0 Å². The first-order valence-electron chi connectivity index (χ1n) is 5.77. The molecule has 0 amide bonds. The Morgan fingerprint density at radius 1 is 1.42 bits per heavy atom. The normalized spacial score (nSPS) is 14.7. The molecule has 0 radical (unpaired) electrons. The molecule has 1 aromatic rings. The molecule has 4 nitrogen and oxygen atoms in total. The minimum absolute atomic E-state index is 0.0159. The molecule has 0 N–H and O–H groups in total. The molecule has 0 fully saturated rings. The van der Waals surface area contributed by atoms with Crippen molar-refractivity contribution in [2.75, 3.05) is 7.05 Å². The van der Waals surface area contributed by atoms with Gasteiger partial charge in [0.15, 0.2) is 0 Å². The second-order valence-corrected chi connectivity index (χ2v) is 8.75. The first-order valence-corrected chi connectivity index (χ1v) is 8.38. The highest BCUT2D eigenvalue weighted by molar-refractivity contribution is 9.10. The van der Waals surface area contributed by atoms with Crippen LogP contribution in [0.4, 0.5) is 0 Å². The van der Waals surface area contributed by atoms with E-state index in [9.17, 15) is 8.42 Å². The number of nitrogens with zero attached hydrogens (tertiary/aromatic N) is 2. The van der Waals surface area contributed by atoms with Crippen LogP contribution < -0.4 is 0 Å². The minimum atomic E-state index is -3.67. The Bertz CT molecular complexity index is 570. The maximum Gasteiger partial charge on any atom is 0.246 e. The van der Waals surface area contributed by atoms with E-state index in [0.717, 1.165) is 0 Å². The van der Waals surface area contributed by atoms with E-state index in [1.165, 1.54) is 16.6 Å². The molecule has 0 saturated carbocycles. The van der Waals surface area contributed by atoms with E-state index in [2.05, 4.69) is 20.9 Å². The molecule has 1 atom stereocenters. The summed E-state index contributed by atoms with van der Waals surface area (Å²) in [6.07, 6.45) is 1.47. The number of halogens is 2. The van der Waals surface area contributed by atoms with Crippen molar-refractivity contribution in [2.24, 2.45) is 5.41 Å². The van der Waals surface area contributed by atoms with Crippen LogP contribution in [0.3, 0.4) is 0 Å². The molecular weight excluding hydrogens is 352 g/mol. The largest absolute Gasteiger partial charge is 0.246 e. The highest BCUT2D eigenvalue weighted by Gasteiger charge is 2.33. The first kappa shape index (κ1) is 16.9. The van der Waals surface area contributed by atoms with Gasteiger partial charge in [0.25, 0.3) is 0 Å². The smallest absolute Gasteiger partial charge is 0.242 e. The van der Waals surface area contributed by atoms with Crippen molar-refractivity contribution in [3.63, 3.8) is 0 Å². The zero-order valence-corrected chi connectivity index (χ0v) is 14.8. The molecule has 0 saturated heterocycles. The molecular formula is C12H18BrClN2O2S. The zero-order valence-electron chi connectivity index (χ0n) is 11.6. The molecule has 0 spiro atoms. The molecule has 1 aromatic heterocycles. The van der Waals surface area contributed by atoms with Gasteiger partial charge in [-0.2, -0.15) is 4.31 Å². The number of sulfonamides is 1. The third-order valence-corrected chi connectivity index (χ3v) is 6.02. The van der Waals surface area contributed by atoms with Crippen LogP contribution in [-0.2, 0) is 10.0 Å². The summed E-state index contributed by atoms with van der Waals surface area (Å²) in [5, 5.41) is -0.0174. The Kier molecular flexibility index (Phi) is 5.04. The molecule has 0 bridgehead atoms. The SMILES string of the molecule is CC(N(C)S(=O)(=O)c1cc(Br)cnc1Cl)C(C)(C)C. The van der Waals surface area contributed by atoms with Gasteiger partial charge in [-0.05, 0) is 34.3 Å². The predicted octanol–water partition coefficient (Wildman–Crippen LogP) is 3.55. The average molecular weight is 370 g/mol. The molecule has 19 heavy (non-hydrogen) atoms. The van der Waals surface area contributed by atoms with Gasteiger partial charge in [0, 0.05) is 23.8 Å². The molecule has 0 aliphatic carbocycles. The number of hydrogen-bond acceptors (Lipinski definition) is 3. The third-order valence-electron chi connectivity index (χ3n) is 3.23. The standard InChI is InChI=1S/C12H18BrClN2O2S/c1-8(12(2,3)4)16(5)19(17,18)10-6-9(13)7-15-11(10)14/h6-8H,1-5H3. The van der Waals surface area contributed by atoms with Gasteiger partial charge in [0.1, 0.15) is 10.0 Å². The molecule has 1 heterocycles. The van der Waals surface area contributed by atoms with E-state index < -0.39 is 10.0 Å². The van der Waals surface area contributed by atoms with Crippen LogP contribution in [0.1, 0.15) is 27.7 Å². The second kappa shape index (κ2) is 5.68. The van der Waals surface area contributed by atoms with E-state index in [0.29, 0.717) is 4.47 Å². The van der Waals surface area contributed by atoms with Crippen LogP contribution in [0.5, 0.6) is 0 Å². The zero-order chi connectivity index (χ0) is 15.0. The van der Waals surface area contributed by atoms with Crippen molar-refractivity contribution in [2.45, 2.75) is 38.6 Å². The van der Waals surface area contributed by atoms with Gasteiger partial charge in [-0.3, -0.25) is 0 Å². The highest BCUT2D eigenvalue weighted by atomic mass is 79.9. The van der Waals surface area contributed by atoms with Gasteiger partial charge < -0.3 is 0 Å². The van der Waals surface area contributed by atoms with Crippen molar-refractivity contribution in [1.29, 1.82) is 0 Å². The molecule has 7 heteroatoms. The predicted molar refractivity (Wildman–Crippen MR) is 80.8 cm³/mol. The molecule has 108 valence electrons. The quantitative estimate of drug-likeness (QED) is 0.766. The molecule has 1 rings (SSSR count). The van der Waals surface area contributed by atoms with E-state index >= 15 is 0 Å². The maximum atomic E-state index is 12.6. The molecule has 0 aliphatic heterocycles. The van der Waals surface area contributed by atoms with Crippen molar-refractivity contribution < 1.29 is 8.42 Å². The van der Waals surface area contributed by atoms with E-state index in [1.54, 1.807) is 7.05 Å². The summed E-state index contributed by atoms with van der Waals surface area (Å²) in [7, 11) is -2.11. The van der Waals surface area contributed by atoms with Crippen LogP contribution in [0.25, 0.3) is 0 Å². The van der Waals surface area contributed by atoms with Gasteiger partial charge in [-0.15, -0.1) is 0 Å². The van der Waals surface area contributed by atoms with Gasteiger partial charge >= 0.3 is 0 Å². The van der Waals surface area contributed by atoms with Crippen LogP contribution in [0.15, 0.2) is 21.6 Å². The Morgan fingerprint density at radius 3 is 2.42 bits per heavy atom. The number of aromatic nitrogens is 1. The minimum Gasteiger partial charge on any atom is -0.242 e. The number of rotatable bonds is 3. The van der Waals surface area contributed by atoms with Crippen LogP contribution >= 0.6 is 27.5 Å². The monoisotopic (exact) mass is 368 g/mol. The summed E-state index contributed by atoms with van der Waals surface area (Å²) in [5.74, 6) is 0. The highest BCUT2D eigenvalue weighted by Crippen LogP contribution is 2.30. The fraction of sp³-hybridized carbons (Fsp3) is 0.583. The van der Waals surface area contributed by atoms with Crippen molar-refractivity contribution in [1.82, 2.24) is 9.29 Å². The van der Waals surface area contributed by atoms with Gasteiger partial charge in [-0.25, -0.2) is 13.4 Å². The van der Waals surface area contributed by atoms with Crippen LogP contribution in [0, 0.1) is 5.41 Å². The Labute approximate surface area is 128 Å². The van der Waals surface area contributed by atoms with E-state index in [-0.39, 0.29) is 21.5 Å². The summed E-state index contributed by atoms with van der Waals surface area (Å²) in [4.78, 5) is 3.88. The maximum absolute atomic E-state index is 12.6. The first-order chi connectivity index (χ1) is 8.48. The van der Waals surface area contributed by atoms with Gasteiger partial charge in [0.05, 0.1) is 0 Å². The van der Waals surface area contributed by atoms with Gasteiger partial charge in [0.2, 0.25) is 10.0 Å². The Balaban J connectivity index is 3.28. The Hall–Kier alpha value is -0.170. The number of pyridine rings is 1. The Morgan fingerprint density at radius 2 is 1.95 bits per heavy atom. The summed E-state index contributed by atoms with van der Waals surface area (Å²) in [6, 6.07) is 1.30. The summed E-state index contributed by atoms with van der Waals surface area (Å²) >= 11 is 9.12. The van der Waals surface area contributed by atoms with Gasteiger partial charge in [-0.1, -0.05) is 32.4 Å². The summed E-state index contributed by atoms with van der Waals surface area (Å²) < 4.78 is 27.1. The van der Waals surface area contributed by atoms with Crippen molar-refractivity contribution in [3.05, 3.63) is 21.9 Å². The second-order valence-electron chi connectivity index (χ2n) is 5.51. The molecule has 0 aliphatic rings. The topological polar surface area (TPSA) is 50.3 Å². The van der Waals surface area contributed by atoms with E-state index in [4.69, 9.17) is 11.6 Å². The fourth-order valence-corrected chi connectivity index (χ4v) is 3.96. The van der Waals surface area contributed by atoms with E-state index in [1.807, 2.05) is 27.7 Å². The third kappa shape index (κ3) is 3.68. The lowest BCUT2D eigenvalue weighted by atomic mass is 9.88.